The second-order valence-electron chi connectivity index (χ2n) is 8.18. The smallest absolute Gasteiger partial charge is 0.208 e. The molecule has 0 saturated heterocycles. The molecule has 4 N–H and O–H groups in total. The molecule has 0 amide bonds. The van der Waals surface area contributed by atoms with Crippen molar-refractivity contribution in [3.05, 3.63) is 94.5 Å². The zero-order chi connectivity index (χ0) is 29.6. The van der Waals surface area contributed by atoms with Crippen LogP contribution in [-0.2, 0) is 0 Å². The summed E-state index contributed by atoms with van der Waals surface area (Å²) in [4.78, 5) is 0. The van der Waals surface area contributed by atoms with Crippen LogP contribution < -0.4 is 9.47 Å². The number of rotatable bonds is 6. The molecular weight excluding hydrogens is 597 g/mol. The lowest BCUT2D eigenvalue weighted by Crippen LogP contribution is -1.91. The average molecular weight is 613 g/mol. The molecule has 0 spiro atoms. The molecule has 0 unspecified atom stereocenters. The summed E-state index contributed by atoms with van der Waals surface area (Å²) in [6.45, 7) is 0. The lowest BCUT2D eigenvalue weighted by molar-refractivity contribution is 0.408. The Labute approximate surface area is 244 Å². The predicted molar refractivity (Wildman–Crippen MR) is 146 cm³/mol. The van der Waals surface area contributed by atoms with Gasteiger partial charge in [-0.2, -0.15) is 10.4 Å². The third-order valence-corrected chi connectivity index (χ3v) is 5.81. The third kappa shape index (κ3) is 6.68. The summed E-state index contributed by atoms with van der Waals surface area (Å²) in [7, 11) is 0. The Balaban J connectivity index is 0.000000168. The molecule has 0 atom stereocenters. The van der Waals surface area contributed by atoms with E-state index in [0.29, 0.717) is 32.7 Å². The van der Waals surface area contributed by atoms with Crippen molar-refractivity contribution in [2.24, 2.45) is 0 Å². The summed E-state index contributed by atoms with van der Waals surface area (Å²) in [5.74, 6) is -0.280. The molecule has 6 rings (SSSR count). The fraction of sp³-hybridized carbons (Fsp3) is 0. The van der Waals surface area contributed by atoms with Gasteiger partial charge < -0.3 is 19.7 Å². The van der Waals surface area contributed by atoms with Gasteiger partial charge in [0.25, 0.3) is 0 Å². The Morgan fingerprint density at radius 2 is 0.976 bits per heavy atom. The number of halogens is 4. The number of nitrogens with one attached hydrogen (secondary N) is 2. The molecule has 16 heteroatoms. The van der Waals surface area contributed by atoms with Crippen LogP contribution in [0.5, 0.6) is 34.5 Å². The van der Waals surface area contributed by atoms with E-state index < -0.39 is 11.6 Å². The Morgan fingerprint density at radius 3 is 1.33 bits per heavy atom. The van der Waals surface area contributed by atoms with E-state index in [1.54, 1.807) is 36.4 Å². The number of tetrazole rings is 2. The molecule has 2 heterocycles. The van der Waals surface area contributed by atoms with Crippen LogP contribution in [0.4, 0.5) is 8.78 Å². The number of aromatic nitrogens is 8. The van der Waals surface area contributed by atoms with Crippen molar-refractivity contribution in [2.75, 3.05) is 0 Å². The molecule has 0 fully saturated rings. The maximum Gasteiger partial charge on any atom is 0.208 e. The number of hydrogen-bond acceptors (Lipinski definition) is 10. The minimum Gasteiger partial charge on any atom is -0.504 e. The number of hydrogen-bond donors (Lipinski definition) is 4. The fourth-order valence-corrected chi connectivity index (χ4v) is 3.82. The minimum absolute atomic E-state index is 0.100. The highest BCUT2D eigenvalue weighted by atomic mass is 35.5. The van der Waals surface area contributed by atoms with Gasteiger partial charge in [0.1, 0.15) is 23.1 Å². The van der Waals surface area contributed by atoms with Crippen molar-refractivity contribution in [3.63, 3.8) is 0 Å². The van der Waals surface area contributed by atoms with E-state index in [1.807, 2.05) is 0 Å². The molecular formula is C26H16Cl2F2N8O4. The first-order chi connectivity index (χ1) is 20.3. The standard InChI is InChI=1S/2C13H8ClFN4O2/c2*14-7-1-3-11(9(5-7)13-16-18-19-17-13)21-12-4-2-8(15)6-10(12)20/h2*1-6,20H,(H,16,17,18,19). The van der Waals surface area contributed by atoms with Crippen molar-refractivity contribution < 1.29 is 28.5 Å². The lowest BCUT2D eigenvalue weighted by atomic mass is 10.2. The first-order valence-corrected chi connectivity index (χ1v) is 12.4. The van der Waals surface area contributed by atoms with E-state index >= 15 is 0 Å². The molecule has 212 valence electrons. The quantitative estimate of drug-likeness (QED) is 0.167. The Morgan fingerprint density at radius 1 is 0.571 bits per heavy atom. The van der Waals surface area contributed by atoms with E-state index in [-0.39, 0.29) is 34.6 Å². The van der Waals surface area contributed by atoms with E-state index in [0.717, 1.165) is 12.1 Å². The van der Waals surface area contributed by atoms with Crippen LogP contribution in [0.15, 0.2) is 72.8 Å². The van der Waals surface area contributed by atoms with E-state index in [1.165, 1.54) is 24.3 Å². The molecule has 0 aliphatic carbocycles. The summed E-state index contributed by atoms with van der Waals surface area (Å²) in [6, 6.07) is 16.5. The minimum atomic E-state index is -0.561. The van der Waals surface area contributed by atoms with Gasteiger partial charge in [0.05, 0.1) is 11.1 Å². The van der Waals surface area contributed by atoms with Gasteiger partial charge in [-0.15, -0.1) is 20.4 Å². The van der Waals surface area contributed by atoms with Crippen LogP contribution in [0, 0.1) is 11.6 Å². The van der Waals surface area contributed by atoms with Gasteiger partial charge >= 0.3 is 0 Å². The number of ether oxygens (including phenoxy) is 2. The second kappa shape index (κ2) is 12.4. The van der Waals surface area contributed by atoms with Gasteiger partial charge in [-0.25, -0.2) is 8.78 Å². The van der Waals surface area contributed by atoms with Crippen LogP contribution >= 0.6 is 23.2 Å². The number of aromatic amines is 2. The maximum atomic E-state index is 13.0. The van der Waals surface area contributed by atoms with Crippen molar-refractivity contribution >= 4 is 23.2 Å². The zero-order valence-electron chi connectivity index (χ0n) is 20.8. The third-order valence-electron chi connectivity index (χ3n) is 5.34. The van der Waals surface area contributed by atoms with Gasteiger partial charge in [-0.3, -0.25) is 0 Å². The molecule has 0 bridgehead atoms. The van der Waals surface area contributed by atoms with Gasteiger partial charge in [-0.1, -0.05) is 23.2 Å². The van der Waals surface area contributed by atoms with Crippen molar-refractivity contribution in [1.29, 1.82) is 0 Å². The molecule has 2 aromatic heterocycles. The molecule has 42 heavy (non-hydrogen) atoms. The highest BCUT2D eigenvalue weighted by Gasteiger charge is 2.15. The van der Waals surface area contributed by atoms with E-state index in [4.69, 9.17) is 32.7 Å². The van der Waals surface area contributed by atoms with Crippen LogP contribution in [0.2, 0.25) is 10.0 Å². The van der Waals surface area contributed by atoms with Crippen LogP contribution in [0.25, 0.3) is 22.8 Å². The summed E-state index contributed by atoms with van der Waals surface area (Å²) >= 11 is 11.9. The first-order valence-electron chi connectivity index (χ1n) is 11.7. The predicted octanol–water partition coefficient (Wildman–Crippen LogP) is 6.31. The largest absolute Gasteiger partial charge is 0.504 e. The Hall–Kier alpha value is -5.34. The number of benzene rings is 4. The SMILES string of the molecule is Oc1cc(F)ccc1Oc1ccc(Cl)cc1-c1nn[nH]n1.Oc1cc(F)ccc1Oc1ccc(Cl)cc1-c1nn[nH]n1. The number of phenols is 2. The highest BCUT2D eigenvalue weighted by Crippen LogP contribution is 2.38. The number of phenolic OH excluding ortho intramolecular Hbond substituents is 2. The normalized spacial score (nSPS) is 10.6. The molecule has 0 aliphatic rings. The molecule has 0 aliphatic heterocycles. The second-order valence-corrected chi connectivity index (χ2v) is 9.05. The monoisotopic (exact) mass is 612 g/mol. The van der Waals surface area contributed by atoms with Crippen LogP contribution in [0.1, 0.15) is 0 Å². The fourth-order valence-electron chi connectivity index (χ4n) is 3.47. The Kier molecular flexibility index (Phi) is 8.36. The van der Waals surface area contributed by atoms with Gasteiger partial charge in [0.2, 0.25) is 11.6 Å². The summed E-state index contributed by atoms with van der Waals surface area (Å²) in [5.41, 5.74) is 0.972. The van der Waals surface area contributed by atoms with Crippen molar-refractivity contribution in [3.8, 4) is 57.3 Å². The molecule has 0 saturated carbocycles. The molecule has 6 aromatic rings. The average Bonchev–Trinajstić information content (AvgIpc) is 3.69. The zero-order valence-corrected chi connectivity index (χ0v) is 22.3. The molecule has 12 nitrogen and oxygen atoms in total. The first kappa shape index (κ1) is 28.2. The van der Waals surface area contributed by atoms with Gasteiger partial charge in [-0.05, 0) is 71.1 Å². The van der Waals surface area contributed by atoms with E-state index in [2.05, 4.69) is 41.2 Å². The molecule has 4 aromatic carbocycles. The summed E-state index contributed by atoms with van der Waals surface area (Å²) < 4.78 is 37.1. The maximum absolute atomic E-state index is 13.0. The van der Waals surface area contributed by atoms with Crippen LogP contribution in [0.3, 0.4) is 0 Å². The van der Waals surface area contributed by atoms with Crippen molar-refractivity contribution in [1.82, 2.24) is 41.2 Å². The Bertz CT molecular complexity index is 1690. The topological polar surface area (TPSA) is 168 Å². The number of H-pyrrole nitrogens is 2. The summed E-state index contributed by atoms with van der Waals surface area (Å²) in [5, 5.41) is 47.3. The number of nitrogens with zero attached hydrogens (tertiary/aromatic N) is 6. The van der Waals surface area contributed by atoms with Crippen molar-refractivity contribution in [2.45, 2.75) is 0 Å². The lowest BCUT2D eigenvalue weighted by Gasteiger charge is -2.10. The van der Waals surface area contributed by atoms with Gasteiger partial charge in [0.15, 0.2) is 23.0 Å². The summed E-state index contributed by atoms with van der Waals surface area (Å²) in [6.07, 6.45) is 0. The number of aromatic hydroxyl groups is 2. The van der Waals surface area contributed by atoms with E-state index in [9.17, 15) is 19.0 Å². The highest BCUT2D eigenvalue weighted by molar-refractivity contribution is 6.31. The molecule has 0 radical (unpaired) electrons. The van der Waals surface area contributed by atoms with Gasteiger partial charge in [0, 0.05) is 22.2 Å². The van der Waals surface area contributed by atoms with Crippen LogP contribution in [-0.4, -0.2) is 51.5 Å².